The molecule has 0 aromatic carbocycles. The van der Waals surface area contributed by atoms with Gasteiger partial charge in [-0.15, -0.1) is 0 Å². The fourth-order valence-electron chi connectivity index (χ4n) is 0.535. The highest BCUT2D eigenvalue weighted by Crippen LogP contribution is 1.75. The van der Waals surface area contributed by atoms with Gasteiger partial charge in [0.2, 0.25) is 0 Å². The maximum atomic E-state index is 9.63. The van der Waals surface area contributed by atoms with E-state index in [0.29, 0.717) is 0 Å². The van der Waals surface area contributed by atoms with Crippen LogP contribution in [0.15, 0.2) is 6.08 Å². The molecule has 0 aliphatic rings. The molecule has 52 valence electrons. The minimum Gasteiger partial charge on any atom is -0.316 e. The van der Waals surface area contributed by atoms with E-state index in [4.69, 9.17) is 0 Å². The fourth-order valence-corrected chi connectivity index (χ4v) is 0.535. The zero-order valence-electron chi connectivity index (χ0n) is 5.81. The van der Waals surface area contributed by atoms with E-state index in [1.165, 1.54) is 6.08 Å². The summed E-state index contributed by atoms with van der Waals surface area (Å²) in [6, 6.07) is 0. The lowest BCUT2D eigenvalue weighted by atomic mass is 10.4. The van der Waals surface area contributed by atoms with Gasteiger partial charge in [0, 0.05) is 6.08 Å². The average molecular weight is 127 g/mol. The lowest BCUT2D eigenvalue weighted by Gasteiger charge is -1.95. The first-order chi connectivity index (χ1) is 4.41. The number of carbonyl (C=O) groups excluding carboxylic acids is 1. The van der Waals surface area contributed by atoms with Gasteiger partial charge in [0.1, 0.15) is 5.94 Å². The van der Waals surface area contributed by atoms with Crippen molar-refractivity contribution in [3.05, 3.63) is 6.08 Å². The zero-order valence-corrected chi connectivity index (χ0v) is 5.81. The molecule has 2 nitrogen and oxygen atoms in total. The third kappa shape index (κ3) is 7.41. The van der Waals surface area contributed by atoms with Gasteiger partial charge in [0.05, 0.1) is 0 Å². The third-order valence-corrected chi connectivity index (χ3v) is 0.976. The topological polar surface area (TPSA) is 29.1 Å². The Labute approximate surface area is 56.0 Å². The number of rotatable bonds is 5. The molecular formula is C7H13NO. The Kier molecular flexibility index (Phi) is 6.92. The molecule has 2 heteroatoms. The van der Waals surface area contributed by atoms with Crippen molar-refractivity contribution >= 4 is 5.94 Å². The van der Waals surface area contributed by atoms with Gasteiger partial charge in [-0.3, -0.25) is 0 Å². The molecule has 0 amide bonds. The van der Waals surface area contributed by atoms with Gasteiger partial charge in [0.15, 0.2) is 0 Å². The highest BCUT2D eigenvalue weighted by molar-refractivity contribution is 5.44. The van der Waals surface area contributed by atoms with Crippen LogP contribution in [0.5, 0.6) is 0 Å². The smallest absolute Gasteiger partial charge is 0.120 e. The maximum Gasteiger partial charge on any atom is 0.120 e. The zero-order chi connectivity index (χ0) is 6.95. The maximum absolute atomic E-state index is 9.63. The van der Waals surface area contributed by atoms with Gasteiger partial charge in [-0.05, 0) is 25.9 Å². The van der Waals surface area contributed by atoms with Gasteiger partial charge >= 0.3 is 0 Å². The fraction of sp³-hybridized carbons (Fsp3) is 0.714. The molecule has 0 saturated heterocycles. The van der Waals surface area contributed by atoms with Crippen LogP contribution >= 0.6 is 0 Å². The first-order valence-electron chi connectivity index (χ1n) is 3.32. The van der Waals surface area contributed by atoms with Crippen LogP contribution in [0.25, 0.3) is 0 Å². The van der Waals surface area contributed by atoms with Crippen LogP contribution in [0.3, 0.4) is 0 Å². The van der Waals surface area contributed by atoms with E-state index in [-0.39, 0.29) is 0 Å². The summed E-state index contributed by atoms with van der Waals surface area (Å²) in [7, 11) is 0. The average Bonchev–Trinajstić information content (AvgIpc) is 1.89. The van der Waals surface area contributed by atoms with Crippen molar-refractivity contribution in [3.63, 3.8) is 0 Å². The normalized spacial score (nSPS) is 8.56. The van der Waals surface area contributed by atoms with Crippen molar-refractivity contribution in [1.29, 1.82) is 0 Å². The molecule has 0 aromatic rings. The molecule has 0 aromatic heterocycles. The van der Waals surface area contributed by atoms with Gasteiger partial charge in [-0.1, -0.05) is 6.92 Å². The minimum atomic E-state index is 0.795. The molecule has 0 heterocycles. The highest BCUT2D eigenvalue weighted by Gasteiger charge is 1.79. The van der Waals surface area contributed by atoms with E-state index in [9.17, 15) is 4.79 Å². The lowest BCUT2D eigenvalue weighted by Crippen LogP contribution is -2.14. The number of hydrogen-bond donors (Lipinski definition) is 1. The van der Waals surface area contributed by atoms with E-state index < -0.39 is 0 Å². The van der Waals surface area contributed by atoms with Gasteiger partial charge in [0.25, 0.3) is 0 Å². The number of nitrogens with one attached hydrogen (secondary N) is 1. The van der Waals surface area contributed by atoms with Crippen LogP contribution in [0.4, 0.5) is 0 Å². The summed E-state index contributed by atoms with van der Waals surface area (Å²) in [6.45, 7) is 4.04. The molecule has 0 rings (SSSR count). The first kappa shape index (κ1) is 8.41. The predicted octanol–water partition coefficient (Wildman–Crippen LogP) is 0.764. The quantitative estimate of drug-likeness (QED) is 0.436. The van der Waals surface area contributed by atoms with Crippen LogP contribution in [0.2, 0.25) is 0 Å². The summed E-state index contributed by atoms with van der Waals surface area (Å²) >= 11 is 0. The second-order valence-electron chi connectivity index (χ2n) is 1.86. The third-order valence-electron chi connectivity index (χ3n) is 0.976. The van der Waals surface area contributed by atoms with Gasteiger partial charge in [-0.2, -0.15) is 0 Å². The Morgan fingerprint density at radius 3 is 2.89 bits per heavy atom. The summed E-state index contributed by atoms with van der Waals surface area (Å²) in [4.78, 5) is 9.63. The van der Waals surface area contributed by atoms with Crippen LogP contribution in [0, 0.1) is 0 Å². The Morgan fingerprint density at radius 2 is 2.33 bits per heavy atom. The van der Waals surface area contributed by atoms with E-state index in [2.05, 4.69) is 12.2 Å². The second kappa shape index (κ2) is 7.41. The molecule has 0 aliphatic carbocycles. The van der Waals surface area contributed by atoms with Gasteiger partial charge in [-0.25, -0.2) is 4.79 Å². The SMILES string of the molecule is CCCNCCC=C=O. The van der Waals surface area contributed by atoms with Crippen molar-refractivity contribution < 1.29 is 4.79 Å². The number of hydrogen-bond acceptors (Lipinski definition) is 2. The van der Waals surface area contributed by atoms with Crippen molar-refractivity contribution in [1.82, 2.24) is 5.32 Å². The minimum absolute atomic E-state index is 0.795. The lowest BCUT2D eigenvalue weighted by molar-refractivity contribution is 0.567. The molecule has 1 N–H and O–H groups in total. The van der Waals surface area contributed by atoms with Crippen LogP contribution in [-0.2, 0) is 4.79 Å². The van der Waals surface area contributed by atoms with E-state index in [1.807, 2.05) is 0 Å². The standard InChI is InChI=1S/C7H13NO/c1-2-5-8-6-3-4-7-9/h4,8H,2-3,5-6H2,1H3. The van der Waals surface area contributed by atoms with E-state index >= 15 is 0 Å². The molecule has 0 fully saturated rings. The van der Waals surface area contributed by atoms with Crippen molar-refractivity contribution in [2.24, 2.45) is 0 Å². The Balaban J connectivity index is 2.82. The first-order valence-corrected chi connectivity index (χ1v) is 3.32. The molecule has 0 unspecified atom stereocenters. The molecule has 0 aliphatic heterocycles. The second-order valence-corrected chi connectivity index (χ2v) is 1.86. The van der Waals surface area contributed by atoms with Gasteiger partial charge < -0.3 is 5.32 Å². The molecule has 0 saturated carbocycles. The summed E-state index contributed by atoms with van der Waals surface area (Å²) < 4.78 is 0. The Bertz CT molecular complexity index is 95.1. The van der Waals surface area contributed by atoms with Crippen LogP contribution in [0.1, 0.15) is 19.8 Å². The monoisotopic (exact) mass is 127 g/mol. The molecule has 9 heavy (non-hydrogen) atoms. The summed E-state index contributed by atoms with van der Waals surface area (Å²) in [5, 5.41) is 3.16. The van der Waals surface area contributed by atoms with Crippen molar-refractivity contribution in [3.8, 4) is 0 Å². The summed E-state index contributed by atoms with van der Waals surface area (Å²) in [5.41, 5.74) is 0. The van der Waals surface area contributed by atoms with Crippen molar-refractivity contribution in [2.45, 2.75) is 19.8 Å². The molecule has 0 atom stereocenters. The Hall–Kier alpha value is -0.590. The summed E-state index contributed by atoms with van der Waals surface area (Å²) in [5.74, 6) is 1.73. The predicted molar refractivity (Wildman–Crippen MR) is 38.0 cm³/mol. The highest BCUT2D eigenvalue weighted by atomic mass is 16.1. The molecule has 0 radical (unpaired) electrons. The van der Waals surface area contributed by atoms with E-state index in [1.54, 1.807) is 5.94 Å². The summed E-state index contributed by atoms with van der Waals surface area (Å²) in [6.07, 6.45) is 3.44. The molecule has 0 bridgehead atoms. The van der Waals surface area contributed by atoms with Crippen LogP contribution in [-0.4, -0.2) is 19.0 Å². The van der Waals surface area contributed by atoms with Crippen molar-refractivity contribution in [2.75, 3.05) is 13.1 Å². The Morgan fingerprint density at radius 1 is 1.56 bits per heavy atom. The molecular weight excluding hydrogens is 114 g/mol. The van der Waals surface area contributed by atoms with Crippen LogP contribution < -0.4 is 5.32 Å². The molecule has 0 spiro atoms. The largest absolute Gasteiger partial charge is 0.316 e. The van der Waals surface area contributed by atoms with E-state index in [0.717, 1.165) is 25.9 Å².